The van der Waals surface area contributed by atoms with E-state index in [1.807, 2.05) is 55.4 Å². The van der Waals surface area contributed by atoms with E-state index in [1.54, 1.807) is 25.1 Å². The van der Waals surface area contributed by atoms with Gasteiger partial charge in [0.1, 0.15) is 17.1 Å². The number of hydrogen-bond donors (Lipinski definition) is 6. The number of likely N-dealkylation sites (N-methyl/N-ethyl adjacent to an activating group) is 1. The molecule has 2 fully saturated rings. The number of aromatic hydroxyl groups is 1. The minimum atomic E-state index is -3.08. The van der Waals surface area contributed by atoms with Crippen LogP contribution in [0.3, 0.4) is 0 Å². The lowest BCUT2D eigenvalue weighted by atomic mass is 9.49. The SMILES string of the molecule is C[C@H]1c2ccc(NC(=S)Nc3ccc(-c4cc5ccc(N(C)C)cc5o4)cc3)c(O)c2C(=O)C2C(=O)[C@]3(O)C(=O)C(C(N)=O)C(=O)[C@@H](N(C)C)[C@@H]3[C@@H](O)[C@@H]21. The van der Waals surface area contributed by atoms with Gasteiger partial charge in [0.05, 0.1) is 35.2 Å². The summed E-state index contributed by atoms with van der Waals surface area (Å²) in [7, 11) is 6.79. The Balaban J connectivity index is 1.14. The zero-order valence-electron chi connectivity index (χ0n) is 30.0. The van der Waals surface area contributed by atoms with E-state index in [4.69, 9.17) is 22.4 Å². The zero-order valence-corrected chi connectivity index (χ0v) is 30.8. The van der Waals surface area contributed by atoms with E-state index in [0.29, 0.717) is 17.0 Å². The number of rotatable bonds is 6. The van der Waals surface area contributed by atoms with Crippen LogP contribution in [0.5, 0.6) is 5.75 Å². The molecule has 1 heterocycles. The number of amides is 1. The van der Waals surface area contributed by atoms with Gasteiger partial charge in [0.15, 0.2) is 39.8 Å². The number of anilines is 3. The summed E-state index contributed by atoms with van der Waals surface area (Å²) in [5.74, 6) is -13.4. The summed E-state index contributed by atoms with van der Waals surface area (Å²) in [5.41, 5.74) is 5.62. The van der Waals surface area contributed by atoms with Gasteiger partial charge in [-0.05, 0) is 86.3 Å². The van der Waals surface area contributed by atoms with Crippen LogP contribution in [0.15, 0.2) is 65.1 Å². The highest BCUT2D eigenvalue weighted by molar-refractivity contribution is 7.80. The summed E-state index contributed by atoms with van der Waals surface area (Å²) in [4.78, 5) is 71.0. The van der Waals surface area contributed by atoms with E-state index in [0.717, 1.165) is 22.2 Å². The molecule has 1 amide bonds. The molecule has 54 heavy (non-hydrogen) atoms. The standard InChI is InChI=1S/C39H39N5O9S/c1-16-21-12-13-22(42-38(54)41-19-9-6-17(7-10-19)23-14-18-8-11-20(43(2)3)15-24(18)53-23)31(45)26(21)32(46)27-25(16)33(47)29-30(44(4)5)34(48)28(37(40)51)36(50)39(29,52)35(27)49/h6-16,25,27-30,33,45,47,52H,1-5H3,(H2,40,51)(H2,41,42,54)/t16-,25+,27?,28?,29+,30-,33-,39-/m0/s1. The van der Waals surface area contributed by atoms with Gasteiger partial charge in [-0.3, -0.25) is 28.9 Å². The average Bonchev–Trinajstić information content (AvgIpc) is 3.54. The molecule has 14 nitrogen and oxygen atoms in total. The van der Waals surface area contributed by atoms with Gasteiger partial charge in [0, 0.05) is 48.4 Å². The van der Waals surface area contributed by atoms with Crippen molar-refractivity contribution in [1.82, 2.24) is 4.90 Å². The topological polar surface area (TPSA) is 216 Å². The highest BCUT2D eigenvalue weighted by Gasteiger charge is 2.73. The number of primary amides is 1. The molecule has 0 bridgehead atoms. The summed E-state index contributed by atoms with van der Waals surface area (Å²) >= 11 is 5.51. The number of fused-ring (bicyclic) bond motifs is 4. The van der Waals surface area contributed by atoms with Crippen molar-refractivity contribution in [2.45, 2.75) is 30.6 Å². The van der Waals surface area contributed by atoms with Gasteiger partial charge in [-0.2, -0.15) is 0 Å². The molecule has 0 aliphatic heterocycles. The van der Waals surface area contributed by atoms with Gasteiger partial charge >= 0.3 is 0 Å². The molecule has 3 aliphatic carbocycles. The van der Waals surface area contributed by atoms with Crippen LogP contribution in [-0.2, 0) is 19.2 Å². The molecule has 0 spiro atoms. The molecule has 7 N–H and O–H groups in total. The predicted octanol–water partition coefficient (Wildman–Crippen LogP) is 2.69. The van der Waals surface area contributed by atoms with E-state index >= 15 is 0 Å². The number of phenols is 1. The van der Waals surface area contributed by atoms with Crippen molar-refractivity contribution in [1.29, 1.82) is 0 Å². The number of ketones is 4. The van der Waals surface area contributed by atoms with E-state index < -0.39 is 82.1 Å². The number of aliphatic hydroxyl groups excluding tert-OH is 1. The monoisotopic (exact) mass is 753 g/mol. The Kier molecular flexibility index (Phi) is 8.96. The second-order valence-corrected chi connectivity index (χ2v) is 15.1. The number of carbonyl (C=O) groups excluding carboxylic acids is 5. The van der Waals surface area contributed by atoms with Gasteiger partial charge < -0.3 is 41.0 Å². The Hall–Kier alpha value is -5.48. The molecule has 3 aliphatic rings. The molecular formula is C39H39N5O9S. The minimum Gasteiger partial charge on any atom is -0.505 e. The van der Waals surface area contributed by atoms with Crippen LogP contribution in [0.2, 0.25) is 0 Å². The molecular weight excluding hydrogens is 715 g/mol. The Morgan fingerprint density at radius 3 is 2.26 bits per heavy atom. The normalized spacial score (nSPS) is 27.7. The van der Waals surface area contributed by atoms with Gasteiger partial charge in [-0.1, -0.05) is 13.0 Å². The Labute approximate surface area is 314 Å². The molecule has 1 aromatic heterocycles. The Morgan fingerprint density at radius 1 is 0.944 bits per heavy atom. The number of furan rings is 1. The third kappa shape index (κ3) is 5.49. The van der Waals surface area contributed by atoms with Crippen LogP contribution in [-0.4, -0.2) is 100 Å². The Morgan fingerprint density at radius 2 is 1.63 bits per heavy atom. The number of aliphatic hydroxyl groups is 2. The second-order valence-electron chi connectivity index (χ2n) is 14.7. The van der Waals surface area contributed by atoms with Crippen molar-refractivity contribution < 1.29 is 43.7 Å². The fraction of sp³-hybridized carbons (Fsp3) is 0.333. The van der Waals surface area contributed by atoms with Crippen molar-refractivity contribution in [3.63, 3.8) is 0 Å². The lowest BCUT2D eigenvalue weighted by Gasteiger charge is -2.56. The first-order valence-corrected chi connectivity index (χ1v) is 17.7. The fourth-order valence-electron chi connectivity index (χ4n) is 8.53. The molecule has 2 saturated carbocycles. The maximum absolute atomic E-state index is 14.2. The number of Topliss-reactive ketones (excluding diaryl/α,β-unsaturated/α-hetero) is 4. The summed E-state index contributed by atoms with van der Waals surface area (Å²) in [5, 5.41) is 42.1. The number of phenolic OH excluding ortho intramolecular Hbond substituents is 1. The first-order chi connectivity index (χ1) is 25.5. The van der Waals surface area contributed by atoms with Crippen LogP contribution in [0.1, 0.15) is 28.8 Å². The number of nitrogens with zero attached hydrogens (tertiary/aromatic N) is 2. The van der Waals surface area contributed by atoms with Gasteiger partial charge in [0.2, 0.25) is 5.91 Å². The number of nitrogens with two attached hydrogens (primary N) is 1. The fourth-order valence-corrected chi connectivity index (χ4v) is 8.76. The van der Waals surface area contributed by atoms with Gasteiger partial charge in [-0.15, -0.1) is 0 Å². The zero-order chi connectivity index (χ0) is 39.1. The third-order valence-corrected chi connectivity index (χ3v) is 11.4. The van der Waals surface area contributed by atoms with Crippen molar-refractivity contribution >= 4 is 74.4 Å². The van der Waals surface area contributed by atoms with Crippen molar-refractivity contribution in [2.24, 2.45) is 29.4 Å². The molecule has 2 unspecified atom stereocenters. The minimum absolute atomic E-state index is 0.0300. The highest BCUT2D eigenvalue weighted by Crippen LogP contribution is 2.55. The van der Waals surface area contributed by atoms with Crippen molar-refractivity contribution in [3.05, 3.63) is 71.8 Å². The largest absolute Gasteiger partial charge is 0.505 e. The van der Waals surface area contributed by atoms with E-state index in [1.165, 1.54) is 25.1 Å². The summed E-state index contributed by atoms with van der Waals surface area (Å²) in [6.45, 7) is 1.64. The van der Waals surface area contributed by atoms with Crippen LogP contribution in [0.25, 0.3) is 22.3 Å². The summed E-state index contributed by atoms with van der Waals surface area (Å²) in [6.07, 6.45) is -1.72. The van der Waals surface area contributed by atoms with Crippen LogP contribution < -0.4 is 21.3 Å². The first-order valence-electron chi connectivity index (χ1n) is 17.2. The molecule has 7 rings (SSSR count). The highest BCUT2D eigenvalue weighted by atomic mass is 32.1. The molecule has 8 atom stereocenters. The molecule has 280 valence electrons. The summed E-state index contributed by atoms with van der Waals surface area (Å²) < 4.78 is 6.09. The van der Waals surface area contributed by atoms with Crippen molar-refractivity contribution in [2.75, 3.05) is 43.7 Å². The number of nitrogens with one attached hydrogen (secondary N) is 2. The molecule has 3 aromatic carbocycles. The number of carbonyl (C=O) groups is 5. The van der Waals surface area contributed by atoms with Crippen LogP contribution >= 0.6 is 12.2 Å². The van der Waals surface area contributed by atoms with Gasteiger partial charge in [0.25, 0.3) is 0 Å². The van der Waals surface area contributed by atoms with E-state index in [2.05, 4.69) is 10.6 Å². The average molecular weight is 754 g/mol. The molecule has 0 radical (unpaired) electrons. The number of thiocarbonyl (C=S) groups is 1. The van der Waals surface area contributed by atoms with E-state index in [-0.39, 0.29) is 16.4 Å². The first kappa shape index (κ1) is 36.9. The van der Waals surface area contributed by atoms with E-state index in [9.17, 15) is 39.3 Å². The smallest absolute Gasteiger partial charge is 0.235 e. The number of hydrogen-bond acceptors (Lipinski definition) is 12. The van der Waals surface area contributed by atoms with Crippen molar-refractivity contribution in [3.8, 4) is 17.1 Å². The van der Waals surface area contributed by atoms with Crippen LogP contribution in [0.4, 0.5) is 17.1 Å². The maximum atomic E-state index is 14.2. The maximum Gasteiger partial charge on any atom is 0.235 e. The van der Waals surface area contributed by atoms with Gasteiger partial charge in [-0.25, -0.2) is 0 Å². The second kappa shape index (κ2) is 13.1. The predicted molar refractivity (Wildman–Crippen MR) is 203 cm³/mol. The molecule has 0 saturated heterocycles. The Bertz CT molecular complexity index is 2290. The number of benzene rings is 3. The molecule has 4 aromatic rings. The summed E-state index contributed by atoms with van der Waals surface area (Å²) in [6, 6.07) is 16.9. The third-order valence-electron chi connectivity index (χ3n) is 11.2. The molecule has 15 heteroatoms. The lowest BCUT2D eigenvalue weighted by Crippen LogP contribution is -2.77. The quantitative estimate of drug-likeness (QED) is 0.0949. The lowest BCUT2D eigenvalue weighted by molar-refractivity contribution is -0.196. The van der Waals surface area contributed by atoms with Crippen LogP contribution in [0, 0.1) is 23.7 Å².